The second-order valence-electron chi connectivity index (χ2n) is 7.25. The molecule has 6 nitrogen and oxygen atoms in total. The highest BCUT2D eigenvalue weighted by molar-refractivity contribution is 5.85. The lowest BCUT2D eigenvalue weighted by Gasteiger charge is -2.29. The number of piperidine rings is 1. The molecule has 2 aliphatic heterocycles. The molecule has 0 radical (unpaired) electrons. The zero-order chi connectivity index (χ0) is 17.9. The van der Waals surface area contributed by atoms with Gasteiger partial charge in [-0.15, -0.1) is 12.4 Å². The molecule has 2 bridgehead atoms. The zero-order valence-corrected chi connectivity index (χ0v) is 15.8. The van der Waals surface area contributed by atoms with Crippen LogP contribution < -0.4 is 10.6 Å². The van der Waals surface area contributed by atoms with Crippen molar-refractivity contribution < 1.29 is 13.7 Å². The van der Waals surface area contributed by atoms with Gasteiger partial charge < -0.3 is 15.2 Å². The first kappa shape index (κ1) is 19.8. The minimum atomic E-state index is -0.301. The average molecular weight is 395 g/mol. The van der Waals surface area contributed by atoms with Crippen molar-refractivity contribution in [2.24, 2.45) is 0 Å². The van der Waals surface area contributed by atoms with Crippen LogP contribution in [0.15, 0.2) is 28.8 Å². The van der Waals surface area contributed by atoms with Crippen molar-refractivity contribution in [1.29, 1.82) is 0 Å². The van der Waals surface area contributed by atoms with Gasteiger partial charge in [-0.3, -0.25) is 4.79 Å². The fraction of sp³-hybridized carbons (Fsp3) is 0.526. The summed E-state index contributed by atoms with van der Waals surface area (Å²) in [7, 11) is 0. The standard InChI is InChI=1S/C19H23FN4O2.ClH/c20-13-6-4-12(5-7-13)19-23-18(26-24-19)3-1-2-17(25)22-16-10-14-8-9-15(11-16)21-14;/h4-7,14-16,21H,1-3,8-11H2,(H,22,25);1H. The van der Waals surface area contributed by atoms with Gasteiger partial charge in [-0.05, 0) is 56.4 Å². The summed E-state index contributed by atoms with van der Waals surface area (Å²) >= 11 is 0. The molecule has 0 aliphatic carbocycles. The summed E-state index contributed by atoms with van der Waals surface area (Å²) in [5.41, 5.74) is 0.708. The van der Waals surface area contributed by atoms with E-state index in [1.807, 2.05) is 0 Å². The summed E-state index contributed by atoms with van der Waals surface area (Å²) < 4.78 is 18.2. The highest BCUT2D eigenvalue weighted by atomic mass is 35.5. The number of amides is 1. The maximum absolute atomic E-state index is 13.0. The molecule has 1 aromatic heterocycles. The molecule has 2 fully saturated rings. The van der Waals surface area contributed by atoms with E-state index >= 15 is 0 Å². The molecule has 146 valence electrons. The number of carbonyl (C=O) groups is 1. The molecule has 2 saturated heterocycles. The lowest BCUT2D eigenvalue weighted by Crippen LogP contribution is -2.48. The van der Waals surface area contributed by atoms with Gasteiger partial charge in [-0.2, -0.15) is 4.98 Å². The van der Waals surface area contributed by atoms with Gasteiger partial charge in [0, 0.05) is 36.5 Å². The molecule has 27 heavy (non-hydrogen) atoms. The number of halogens is 2. The van der Waals surface area contributed by atoms with Crippen LogP contribution in [-0.4, -0.2) is 34.2 Å². The monoisotopic (exact) mass is 394 g/mol. The summed E-state index contributed by atoms with van der Waals surface area (Å²) in [6, 6.07) is 7.40. The van der Waals surface area contributed by atoms with E-state index < -0.39 is 0 Å². The van der Waals surface area contributed by atoms with Crippen molar-refractivity contribution in [1.82, 2.24) is 20.8 Å². The number of benzene rings is 1. The molecule has 2 unspecified atom stereocenters. The predicted octanol–water partition coefficient (Wildman–Crippen LogP) is 3.02. The van der Waals surface area contributed by atoms with Gasteiger partial charge in [0.1, 0.15) is 5.82 Å². The first-order valence-corrected chi connectivity index (χ1v) is 9.29. The zero-order valence-electron chi connectivity index (χ0n) is 15.0. The molecule has 2 aliphatic rings. The van der Waals surface area contributed by atoms with Crippen LogP contribution in [0.4, 0.5) is 4.39 Å². The Labute approximate surface area is 163 Å². The molecule has 3 heterocycles. The summed E-state index contributed by atoms with van der Waals surface area (Å²) in [5.74, 6) is 0.728. The Balaban J connectivity index is 0.00000210. The largest absolute Gasteiger partial charge is 0.353 e. The number of carbonyl (C=O) groups excluding carboxylic acids is 1. The second kappa shape index (κ2) is 8.80. The van der Waals surface area contributed by atoms with E-state index in [2.05, 4.69) is 20.8 Å². The SMILES string of the molecule is Cl.O=C(CCCc1nc(-c2ccc(F)cc2)no1)NC1CC2CCC(C1)N2. The summed E-state index contributed by atoms with van der Waals surface area (Å²) in [5, 5.41) is 10.7. The van der Waals surface area contributed by atoms with Gasteiger partial charge in [0.05, 0.1) is 0 Å². The number of hydrogen-bond donors (Lipinski definition) is 2. The van der Waals surface area contributed by atoms with Crippen LogP contribution in [0.25, 0.3) is 11.4 Å². The summed E-state index contributed by atoms with van der Waals surface area (Å²) in [6.07, 6.45) is 6.19. The first-order valence-electron chi connectivity index (χ1n) is 9.29. The number of hydrogen-bond acceptors (Lipinski definition) is 5. The van der Waals surface area contributed by atoms with Crippen LogP contribution in [0.1, 0.15) is 44.4 Å². The van der Waals surface area contributed by atoms with Crippen LogP contribution in [0.3, 0.4) is 0 Å². The van der Waals surface area contributed by atoms with E-state index in [0.29, 0.717) is 54.7 Å². The van der Waals surface area contributed by atoms with Crippen molar-refractivity contribution in [2.75, 3.05) is 0 Å². The number of aromatic nitrogens is 2. The van der Waals surface area contributed by atoms with E-state index in [1.165, 1.54) is 25.0 Å². The Hall–Kier alpha value is -1.99. The third-order valence-corrected chi connectivity index (χ3v) is 5.20. The molecule has 4 rings (SSSR count). The average Bonchev–Trinajstić information content (AvgIpc) is 3.22. The second-order valence-corrected chi connectivity index (χ2v) is 7.25. The molecule has 1 amide bonds. The normalized spacial score (nSPS) is 23.7. The van der Waals surface area contributed by atoms with Gasteiger partial charge >= 0.3 is 0 Å². The van der Waals surface area contributed by atoms with Crippen LogP contribution in [0, 0.1) is 5.82 Å². The predicted molar refractivity (Wildman–Crippen MR) is 101 cm³/mol. The Bertz CT molecular complexity index is 755. The van der Waals surface area contributed by atoms with Gasteiger partial charge in [0.25, 0.3) is 0 Å². The maximum atomic E-state index is 13.0. The minimum Gasteiger partial charge on any atom is -0.353 e. The van der Waals surface area contributed by atoms with Crippen LogP contribution in [-0.2, 0) is 11.2 Å². The van der Waals surface area contributed by atoms with Crippen LogP contribution >= 0.6 is 12.4 Å². The van der Waals surface area contributed by atoms with Crippen LogP contribution in [0.2, 0.25) is 0 Å². The Morgan fingerprint density at radius 2 is 1.93 bits per heavy atom. The fourth-order valence-electron chi connectivity index (χ4n) is 3.95. The highest BCUT2D eigenvalue weighted by Gasteiger charge is 2.33. The lowest BCUT2D eigenvalue weighted by atomic mass is 9.99. The van der Waals surface area contributed by atoms with E-state index in [9.17, 15) is 9.18 Å². The lowest BCUT2D eigenvalue weighted by molar-refractivity contribution is -0.122. The number of nitrogens with zero attached hydrogens (tertiary/aromatic N) is 2. The summed E-state index contributed by atoms with van der Waals surface area (Å²) in [6.45, 7) is 0. The first-order chi connectivity index (χ1) is 12.7. The van der Waals surface area contributed by atoms with E-state index in [1.54, 1.807) is 12.1 Å². The minimum absolute atomic E-state index is 0. The molecular weight excluding hydrogens is 371 g/mol. The van der Waals surface area contributed by atoms with Crippen molar-refractivity contribution in [2.45, 2.75) is 63.1 Å². The number of nitrogens with one attached hydrogen (secondary N) is 2. The number of rotatable bonds is 6. The van der Waals surface area contributed by atoms with Gasteiger partial charge in [0.15, 0.2) is 0 Å². The van der Waals surface area contributed by atoms with Crippen LogP contribution in [0.5, 0.6) is 0 Å². The summed E-state index contributed by atoms with van der Waals surface area (Å²) in [4.78, 5) is 16.5. The van der Waals surface area contributed by atoms with Crippen molar-refractivity contribution in [3.8, 4) is 11.4 Å². The highest BCUT2D eigenvalue weighted by Crippen LogP contribution is 2.26. The van der Waals surface area contributed by atoms with Crippen molar-refractivity contribution in [3.63, 3.8) is 0 Å². The molecule has 8 heteroatoms. The molecule has 2 atom stereocenters. The quantitative estimate of drug-likeness (QED) is 0.787. The number of fused-ring (bicyclic) bond motifs is 2. The van der Waals surface area contributed by atoms with Crippen molar-refractivity contribution >= 4 is 18.3 Å². The number of aryl methyl sites for hydroxylation is 1. The molecule has 2 aromatic rings. The Morgan fingerprint density at radius 1 is 1.22 bits per heavy atom. The topological polar surface area (TPSA) is 80.0 Å². The van der Waals surface area contributed by atoms with E-state index in [4.69, 9.17) is 4.52 Å². The molecule has 1 aromatic carbocycles. The molecule has 2 N–H and O–H groups in total. The Kier molecular flexibility index (Phi) is 6.44. The molecule has 0 spiro atoms. The fourth-order valence-corrected chi connectivity index (χ4v) is 3.95. The van der Waals surface area contributed by atoms with Gasteiger partial charge in [-0.1, -0.05) is 5.16 Å². The third kappa shape index (κ3) is 5.05. The van der Waals surface area contributed by atoms with Gasteiger partial charge in [-0.25, -0.2) is 4.39 Å². The smallest absolute Gasteiger partial charge is 0.226 e. The third-order valence-electron chi connectivity index (χ3n) is 5.20. The molecular formula is C19H24ClFN4O2. The maximum Gasteiger partial charge on any atom is 0.226 e. The van der Waals surface area contributed by atoms with E-state index in [-0.39, 0.29) is 24.1 Å². The van der Waals surface area contributed by atoms with E-state index in [0.717, 1.165) is 12.8 Å². The van der Waals surface area contributed by atoms with Crippen molar-refractivity contribution in [3.05, 3.63) is 36.0 Å². The molecule has 0 saturated carbocycles. The van der Waals surface area contributed by atoms with Gasteiger partial charge in [0.2, 0.25) is 17.6 Å². The Morgan fingerprint density at radius 3 is 2.63 bits per heavy atom.